The summed E-state index contributed by atoms with van der Waals surface area (Å²) in [5, 5.41) is 13.1. The molecule has 0 spiro atoms. The van der Waals surface area contributed by atoms with E-state index in [0.29, 0.717) is 12.0 Å². The van der Waals surface area contributed by atoms with E-state index in [1.807, 2.05) is 53.2 Å². The largest absolute Gasteiger partial charge is 0.334 e. The third-order valence-electron chi connectivity index (χ3n) is 4.26. The molecule has 3 rings (SSSR count). The zero-order valence-corrected chi connectivity index (χ0v) is 13.3. The van der Waals surface area contributed by atoms with Crippen LogP contribution in [0.5, 0.6) is 0 Å². The van der Waals surface area contributed by atoms with E-state index < -0.39 is 0 Å². The van der Waals surface area contributed by atoms with Crippen molar-refractivity contribution in [1.82, 2.24) is 14.7 Å². The minimum Gasteiger partial charge on any atom is -0.334 e. The fourth-order valence-corrected chi connectivity index (χ4v) is 3.15. The van der Waals surface area contributed by atoms with Crippen LogP contribution in [0, 0.1) is 18.3 Å². The highest BCUT2D eigenvalue weighted by Gasteiger charge is 2.29. The lowest BCUT2D eigenvalue weighted by Gasteiger charge is -2.25. The van der Waals surface area contributed by atoms with Crippen molar-refractivity contribution in [2.45, 2.75) is 38.8 Å². The molecule has 1 aliphatic heterocycles. The maximum atomic E-state index is 12.8. The summed E-state index contributed by atoms with van der Waals surface area (Å²) in [6, 6.07) is 9.70. The smallest absolute Gasteiger partial charge is 0.254 e. The van der Waals surface area contributed by atoms with Crippen LogP contribution in [0.2, 0.25) is 0 Å². The Morgan fingerprint density at radius 2 is 2.35 bits per heavy atom. The summed E-state index contributed by atoms with van der Waals surface area (Å²) in [5.41, 5.74) is 2.68. The number of amides is 1. The van der Waals surface area contributed by atoms with Gasteiger partial charge >= 0.3 is 0 Å². The van der Waals surface area contributed by atoms with E-state index in [2.05, 4.69) is 11.2 Å². The number of nitrogens with zero attached hydrogens (tertiary/aromatic N) is 4. The number of benzene rings is 1. The Labute approximate surface area is 136 Å². The second kappa shape index (κ2) is 6.66. The van der Waals surface area contributed by atoms with E-state index >= 15 is 0 Å². The predicted octanol–water partition coefficient (Wildman–Crippen LogP) is 2.56. The van der Waals surface area contributed by atoms with Gasteiger partial charge in [0, 0.05) is 18.3 Å². The fourth-order valence-electron chi connectivity index (χ4n) is 3.15. The van der Waals surface area contributed by atoms with Gasteiger partial charge in [0.15, 0.2) is 0 Å². The minimum atomic E-state index is 0.0520. The summed E-state index contributed by atoms with van der Waals surface area (Å²) in [5.74, 6) is 0.0520. The van der Waals surface area contributed by atoms with Crippen molar-refractivity contribution in [3.63, 3.8) is 0 Å². The van der Waals surface area contributed by atoms with E-state index in [4.69, 9.17) is 5.26 Å². The highest BCUT2D eigenvalue weighted by molar-refractivity contribution is 5.94. The van der Waals surface area contributed by atoms with Gasteiger partial charge in [-0.15, -0.1) is 0 Å². The molecular weight excluding hydrogens is 288 g/mol. The van der Waals surface area contributed by atoms with Crippen LogP contribution in [0.3, 0.4) is 0 Å². The molecule has 1 aromatic carbocycles. The summed E-state index contributed by atoms with van der Waals surface area (Å²) >= 11 is 0. The lowest BCUT2D eigenvalue weighted by molar-refractivity contribution is 0.0721. The van der Waals surface area contributed by atoms with Gasteiger partial charge in [0.25, 0.3) is 5.91 Å². The van der Waals surface area contributed by atoms with Crippen LogP contribution in [0.25, 0.3) is 0 Å². The number of carbonyl (C=O) groups is 1. The second-order valence-electron chi connectivity index (χ2n) is 6.07. The third kappa shape index (κ3) is 3.42. The Bertz CT molecular complexity index is 743. The molecule has 5 nitrogen and oxygen atoms in total. The molecule has 1 saturated heterocycles. The van der Waals surface area contributed by atoms with Crippen molar-refractivity contribution in [3.8, 4) is 6.07 Å². The number of aryl methyl sites for hydroxylation is 1. The zero-order valence-electron chi connectivity index (χ0n) is 13.3. The highest BCUT2D eigenvalue weighted by atomic mass is 16.2. The molecule has 0 N–H and O–H groups in total. The first-order chi connectivity index (χ1) is 11.2. The molecular formula is C18H20N4O. The van der Waals surface area contributed by atoms with Crippen LogP contribution in [-0.2, 0) is 13.0 Å². The summed E-state index contributed by atoms with van der Waals surface area (Å²) in [6.07, 6.45) is 6.20. The summed E-state index contributed by atoms with van der Waals surface area (Å²) < 4.78 is 1.91. The molecule has 0 unspecified atom stereocenters. The van der Waals surface area contributed by atoms with Crippen molar-refractivity contribution in [3.05, 3.63) is 53.3 Å². The van der Waals surface area contributed by atoms with E-state index in [1.54, 1.807) is 0 Å². The van der Waals surface area contributed by atoms with Crippen LogP contribution in [0.1, 0.15) is 34.3 Å². The maximum Gasteiger partial charge on any atom is 0.254 e. The van der Waals surface area contributed by atoms with Gasteiger partial charge in [0.2, 0.25) is 0 Å². The summed E-state index contributed by atoms with van der Waals surface area (Å²) in [7, 11) is 0. The van der Waals surface area contributed by atoms with Gasteiger partial charge in [0.05, 0.1) is 31.3 Å². The van der Waals surface area contributed by atoms with Crippen molar-refractivity contribution < 1.29 is 4.79 Å². The Balaban J connectivity index is 1.75. The predicted molar refractivity (Wildman–Crippen MR) is 86.8 cm³/mol. The van der Waals surface area contributed by atoms with Gasteiger partial charge in [-0.2, -0.15) is 10.4 Å². The lowest BCUT2D eigenvalue weighted by atomic mass is 10.1. The van der Waals surface area contributed by atoms with E-state index in [1.165, 1.54) is 0 Å². The number of aromatic nitrogens is 2. The van der Waals surface area contributed by atoms with Gasteiger partial charge in [-0.3, -0.25) is 9.48 Å². The van der Waals surface area contributed by atoms with Crippen molar-refractivity contribution in [2.24, 2.45) is 0 Å². The number of hydrogen-bond acceptors (Lipinski definition) is 3. The molecule has 0 bridgehead atoms. The molecule has 2 aromatic rings. The molecule has 2 heterocycles. The number of rotatable bonds is 4. The van der Waals surface area contributed by atoms with Crippen LogP contribution in [-0.4, -0.2) is 33.2 Å². The van der Waals surface area contributed by atoms with Crippen molar-refractivity contribution in [2.75, 3.05) is 6.54 Å². The van der Waals surface area contributed by atoms with Gasteiger partial charge in [-0.25, -0.2) is 0 Å². The molecule has 1 aliphatic rings. The van der Waals surface area contributed by atoms with Crippen LogP contribution in [0.4, 0.5) is 0 Å². The van der Waals surface area contributed by atoms with Crippen LogP contribution in [0.15, 0.2) is 36.7 Å². The first-order valence-electron chi connectivity index (χ1n) is 7.93. The van der Waals surface area contributed by atoms with E-state index in [9.17, 15) is 4.79 Å². The monoisotopic (exact) mass is 308 g/mol. The number of nitriles is 1. The first kappa shape index (κ1) is 15.3. The quantitative estimate of drug-likeness (QED) is 0.872. The van der Waals surface area contributed by atoms with Crippen molar-refractivity contribution >= 4 is 5.91 Å². The van der Waals surface area contributed by atoms with Crippen molar-refractivity contribution in [1.29, 1.82) is 5.26 Å². The lowest BCUT2D eigenvalue weighted by Crippen LogP contribution is -2.38. The molecule has 0 radical (unpaired) electrons. The SMILES string of the molecule is Cc1cnn(C[C@H]2CCCN2C(=O)c2cccc(CC#N)c2)c1. The molecule has 1 fully saturated rings. The molecule has 23 heavy (non-hydrogen) atoms. The van der Waals surface area contributed by atoms with Gasteiger partial charge < -0.3 is 4.90 Å². The normalized spacial score (nSPS) is 17.2. The fraction of sp³-hybridized carbons (Fsp3) is 0.389. The standard InChI is InChI=1S/C18H20N4O/c1-14-11-20-21(12-14)13-17-6-3-9-22(17)18(23)16-5-2-4-15(10-16)7-8-19/h2,4-5,10-12,17H,3,6-7,9,13H2,1H3/t17-/m1/s1. The highest BCUT2D eigenvalue weighted by Crippen LogP contribution is 2.22. The van der Waals surface area contributed by atoms with Gasteiger partial charge in [-0.1, -0.05) is 12.1 Å². The molecule has 1 aromatic heterocycles. The summed E-state index contributed by atoms with van der Waals surface area (Å²) in [6.45, 7) is 3.53. The van der Waals surface area contributed by atoms with Gasteiger partial charge in [-0.05, 0) is 43.0 Å². The second-order valence-corrected chi connectivity index (χ2v) is 6.07. The number of hydrogen-bond donors (Lipinski definition) is 0. The summed E-state index contributed by atoms with van der Waals surface area (Å²) in [4.78, 5) is 14.8. The topological polar surface area (TPSA) is 61.9 Å². The Hall–Kier alpha value is -2.61. The number of likely N-dealkylation sites (tertiary alicyclic amines) is 1. The Morgan fingerprint density at radius 1 is 1.48 bits per heavy atom. The average molecular weight is 308 g/mol. The van der Waals surface area contributed by atoms with E-state index in [0.717, 1.165) is 37.1 Å². The Kier molecular flexibility index (Phi) is 4.42. The third-order valence-corrected chi connectivity index (χ3v) is 4.26. The maximum absolute atomic E-state index is 12.8. The Morgan fingerprint density at radius 3 is 3.09 bits per heavy atom. The minimum absolute atomic E-state index is 0.0520. The zero-order chi connectivity index (χ0) is 16.2. The van der Waals surface area contributed by atoms with E-state index in [-0.39, 0.29) is 11.9 Å². The number of carbonyl (C=O) groups excluding carboxylic acids is 1. The van der Waals surface area contributed by atoms with Gasteiger partial charge in [0.1, 0.15) is 0 Å². The molecule has 5 heteroatoms. The molecule has 1 atom stereocenters. The molecule has 0 saturated carbocycles. The average Bonchev–Trinajstić information content (AvgIpc) is 3.17. The van der Waals surface area contributed by atoms with Crippen LogP contribution >= 0.6 is 0 Å². The van der Waals surface area contributed by atoms with Crippen LogP contribution < -0.4 is 0 Å². The molecule has 118 valence electrons. The first-order valence-corrected chi connectivity index (χ1v) is 7.93. The molecule has 1 amide bonds. The molecule has 0 aliphatic carbocycles.